The monoisotopic (exact) mass is 587 g/mol. The van der Waals surface area contributed by atoms with E-state index in [1.54, 1.807) is 13.3 Å². The molecule has 1 saturated heterocycles. The number of likely N-dealkylation sites (N-methyl/N-ethyl adjacent to an activating group) is 1. The molecule has 0 aliphatic carbocycles. The minimum atomic E-state index is -0.477. The summed E-state index contributed by atoms with van der Waals surface area (Å²) >= 11 is 12.7. The third kappa shape index (κ3) is 5.43. The highest BCUT2D eigenvalue weighted by Gasteiger charge is 2.39. The molecule has 0 amide bonds. The zero-order chi connectivity index (χ0) is 27.0. The van der Waals surface area contributed by atoms with Crippen molar-refractivity contribution >= 4 is 52.3 Å². The number of rotatable bonds is 8. The van der Waals surface area contributed by atoms with Gasteiger partial charge in [0.1, 0.15) is 23.7 Å². The Bertz CT molecular complexity index is 1530. The first-order valence-electron chi connectivity index (χ1n) is 12.2. The van der Waals surface area contributed by atoms with E-state index in [4.69, 9.17) is 32.7 Å². The van der Waals surface area contributed by atoms with Crippen LogP contribution in [0.1, 0.15) is 38.0 Å². The van der Waals surface area contributed by atoms with Crippen molar-refractivity contribution in [1.29, 1.82) is 5.26 Å². The second-order valence-electron chi connectivity index (χ2n) is 9.55. The van der Waals surface area contributed by atoms with Gasteiger partial charge in [0.05, 0.1) is 33.8 Å². The highest BCUT2D eigenvalue weighted by molar-refractivity contribution is 6.35. The minimum Gasteiger partial charge on any atom is -0.493 e. The summed E-state index contributed by atoms with van der Waals surface area (Å²) in [6.45, 7) is 8.59. The van der Waals surface area contributed by atoms with Gasteiger partial charge >= 0.3 is 0 Å². The number of nitriles is 1. The standard InChI is InChI=1S/C27H27Cl2N7O2.ClH/c1-5-33-27(3)13-36(14-27)26-16(9-30)6-17(10-32-26)25-18-7-23(22(37-4)8-21(18)34-35-25)38-15(2)24-19(28)11-31-12-20(24)29;/h6-8,10-12,15,33H,5,13-14H2,1-4H3,(H,34,35);1H/t15-;/m1./s1. The Morgan fingerprint density at radius 1 is 1.18 bits per heavy atom. The number of aromatic amines is 1. The van der Waals surface area contributed by atoms with Crippen LogP contribution in [0.5, 0.6) is 11.5 Å². The summed E-state index contributed by atoms with van der Waals surface area (Å²) < 4.78 is 11.8. The van der Waals surface area contributed by atoms with Crippen molar-refractivity contribution in [1.82, 2.24) is 25.5 Å². The number of hydrogen-bond acceptors (Lipinski definition) is 8. The fourth-order valence-electron chi connectivity index (χ4n) is 4.96. The van der Waals surface area contributed by atoms with Gasteiger partial charge < -0.3 is 19.7 Å². The summed E-state index contributed by atoms with van der Waals surface area (Å²) in [6, 6.07) is 7.79. The second-order valence-corrected chi connectivity index (χ2v) is 10.4. The molecular weight excluding hydrogens is 561 g/mol. The van der Waals surface area contributed by atoms with Gasteiger partial charge in [0.25, 0.3) is 0 Å². The van der Waals surface area contributed by atoms with Gasteiger partial charge in [-0.3, -0.25) is 10.1 Å². The molecule has 4 aromatic rings. The molecule has 0 bridgehead atoms. The van der Waals surface area contributed by atoms with Crippen LogP contribution < -0.4 is 19.7 Å². The fraction of sp³-hybridized carbons (Fsp3) is 0.333. The van der Waals surface area contributed by atoms with E-state index in [0.29, 0.717) is 44.2 Å². The van der Waals surface area contributed by atoms with Crippen LogP contribution in [0, 0.1) is 11.3 Å². The summed E-state index contributed by atoms with van der Waals surface area (Å²) in [6.07, 6.45) is 4.33. The molecular formula is C27H28Cl3N7O2. The molecule has 9 nitrogen and oxygen atoms in total. The Balaban J connectivity index is 0.00000353. The van der Waals surface area contributed by atoms with Crippen molar-refractivity contribution in [2.45, 2.75) is 32.4 Å². The van der Waals surface area contributed by atoms with E-state index in [2.05, 4.69) is 50.3 Å². The molecule has 1 fully saturated rings. The van der Waals surface area contributed by atoms with Crippen LogP contribution in [-0.2, 0) is 0 Å². The number of fused-ring (bicyclic) bond motifs is 1. The van der Waals surface area contributed by atoms with Crippen molar-refractivity contribution in [3.63, 3.8) is 0 Å². The lowest BCUT2D eigenvalue weighted by molar-refractivity contribution is 0.216. The third-order valence-corrected chi connectivity index (χ3v) is 7.29. The van der Waals surface area contributed by atoms with Gasteiger partial charge in [0.2, 0.25) is 0 Å². The van der Waals surface area contributed by atoms with Gasteiger partial charge in [0.15, 0.2) is 11.5 Å². The molecule has 0 unspecified atom stereocenters. The minimum absolute atomic E-state index is 0. The van der Waals surface area contributed by atoms with Crippen molar-refractivity contribution in [3.8, 4) is 28.8 Å². The summed E-state index contributed by atoms with van der Waals surface area (Å²) in [5.41, 5.74) is 3.28. The van der Waals surface area contributed by atoms with Gasteiger partial charge in [-0.2, -0.15) is 10.4 Å². The number of anilines is 1. The quantitative estimate of drug-likeness (QED) is 0.259. The fourth-order valence-corrected chi connectivity index (χ4v) is 5.63. The van der Waals surface area contributed by atoms with Crippen LogP contribution in [0.3, 0.4) is 0 Å². The van der Waals surface area contributed by atoms with Gasteiger partial charge in [-0.1, -0.05) is 30.1 Å². The maximum absolute atomic E-state index is 9.90. The lowest BCUT2D eigenvalue weighted by Gasteiger charge is -2.49. The van der Waals surface area contributed by atoms with Crippen molar-refractivity contribution in [2.24, 2.45) is 0 Å². The van der Waals surface area contributed by atoms with Crippen LogP contribution >= 0.6 is 35.6 Å². The van der Waals surface area contributed by atoms with Crippen LogP contribution in [0.25, 0.3) is 22.2 Å². The normalized spacial score (nSPS) is 14.7. The molecule has 39 heavy (non-hydrogen) atoms. The summed E-state index contributed by atoms with van der Waals surface area (Å²) in [5.74, 6) is 1.69. The van der Waals surface area contributed by atoms with E-state index >= 15 is 0 Å². The molecule has 0 spiro atoms. The number of nitrogens with one attached hydrogen (secondary N) is 2. The Hall–Kier alpha value is -3.29. The maximum atomic E-state index is 9.90. The molecule has 204 valence electrons. The lowest BCUT2D eigenvalue weighted by Crippen LogP contribution is -2.68. The first-order valence-corrected chi connectivity index (χ1v) is 12.9. The van der Waals surface area contributed by atoms with Gasteiger partial charge in [-0.15, -0.1) is 12.4 Å². The Labute approximate surface area is 242 Å². The molecule has 3 aromatic heterocycles. The average Bonchev–Trinajstić information content (AvgIpc) is 3.29. The average molecular weight is 589 g/mol. The SMILES string of the molecule is CCNC1(C)CN(c2ncc(-c3n[nH]c4cc(OC)c(O[C@H](C)c5c(Cl)cncc5Cl)cc34)cc2C#N)C1.Cl. The van der Waals surface area contributed by atoms with Crippen LogP contribution in [0.15, 0.2) is 36.8 Å². The Kier molecular flexibility index (Phi) is 8.42. The number of halogens is 3. The summed E-state index contributed by atoms with van der Waals surface area (Å²) in [5, 5.41) is 22.6. The van der Waals surface area contributed by atoms with E-state index in [1.165, 1.54) is 12.4 Å². The number of aromatic nitrogens is 4. The van der Waals surface area contributed by atoms with Crippen LogP contribution in [-0.4, -0.2) is 52.4 Å². The first kappa shape index (κ1) is 28.7. The van der Waals surface area contributed by atoms with E-state index < -0.39 is 6.10 Å². The molecule has 1 aromatic carbocycles. The molecule has 2 N–H and O–H groups in total. The van der Waals surface area contributed by atoms with E-state index in [9.17, 15) is 5.26 Å². The summed E-state index contributed by atoms with van der Waals surface area (Å²) in [4.78, 5) is 10.8. The molecule has 4 heterocycles. The first-order chi connectivity index (χ1) is 18.3. The molecule has 1 aliphatic rings. The molecule has 1 aliphatic heterocycles. The van der Waals surface area contributed by atoms with Gasteiger partial charge in [-0.05, 0) is 32.5 Å². The molecule has 12 heteroatoms. The number of H-pyrrole nitrogens is 1. The number of methoxy groups -OCH3 is 1. The van der Waals surface area contributed by atoms with Gasteiger partial charge in [0, 0.05) is 54.3 Å². The largest absolute Gasteiger partial charge is 0.493 e. The molecule has 0 radical (unpaired) electrons. The number of benzene rings is 1. The number of nitrogens with zero attached hydrogens (tertiary/aromatic N) is 5. The van der Waals surface area contributed by atoms with Crippen molar-refractivity contribution < 1.29 is 9.47 Å². The lowest BCUT2D eigenvalue weighted by atomic mass is 9.91. The molecule has 1 atom stereocenters. The Morgan fingerprint density at radius 3 is 2.54 bits per heavy atom. The van der Waals surface area contributed by atoms with Gasteiger partial charge in [-0.25, -0.2) is 4.98 Å². The number of ether oxygens (including phenoxy) is 2. The van der Waals surface area contributed by atoms with E-state index in [1.807, 2.05) is 25.1 Å². The number of pyridine rings is 2. The third-order valence-electron chi connectivity index (χ3n) is 6.69. The molecule has 5 rings (SSSR count). The predicted molar refractivity (Wildman–Crippen MR) is 155 cm³/mol. The highest BCUT2D eigenvalue weighted by Crippen LogP contribution is 2.40. The second kappa shape index (κ2) is 11.4. The smallest absolute Gasteiger partial charge is 0.162 e. The maximum Gasteiger partial charge on any atom is 0.162 e. The predicted octanol–water partition coefficient (Wildman–Crippen LogP) is 5.96. The highest BCUT2D eigenvalue weighted by atomic mass is 35.5. The van der Waals surface area contributed by atoms with Crippen LogP contribution in [0.4, 0.5) is 5.82 Å². The van der Waals surface area contributed by atoms with Crippen molar-refractivity contribution in [2.75, 3.05) is 31.6 Å². The van der Waals surface area contributed by atoms with Crippen molar-refractivity contribution in [3.05, 3.63) is 58.0 Å². The van der Waals surface area contributed by atoms with E-state index in [-0.39, 0.29) is 17.9 Å². The Morgan fingerprint density at radius 2 is 1.90 bits per heavy atom. The molecule has 0 saturated carbocycles. The van der Waals surface area contributed by atoms with E-state index in [0.717, 1.165) is 36.1 Å². The zero-order valence-corrected chi connectivity index (χ0v) is 24.2. The zero-order valence-electron chi connectivity index (χ0n) is 21.9. The summed E-state index contributed by atoms with van der Waals surface area (Å²) in [7, 11) is 1.57. The number of hydrogen-bond donors (Lipinski definition) is 2. The topological polar surface area (TPSA) is 112 Å². The van der Waals surface area contributed by atoms with Crippen LogP contribution in [0.2, 0.25) is 10.0 Å².